The molecule has 1 aromatic heterocycles. The van der Waals surface area contributed by atoms with E-state index in [9.17, 15) is 12.8 Å². The van der Waals surface area contributed by atoms with Gasteiger partial charge in [0.1, 0.15) is 5.82 Å². The van der Waals surface area contributed by atoms with Crippen molar-refractivity contribution in [3.05, 3.63) is 65.7 Å². The largest absolute Gasteiger partial charge is 0.260 e. The molecule has 0 amide bonds. The molecule has 6 heteroatoms. The lowest BCUT2D eigenvalue weighted by Crippen LogP contribution is -2.32. The van der Waals surface area contributed by atoms with E-state index in [0.717, 1.165) is 18.5 Å². The number of nitrogens with zero attached hydrogens (tertiary/aromatic N) is 2. The Kier molecular flexibility index (Phi) is 4.22. The zero-order valence-electron chi connectivity index (χ0n) is 12.0. The van der Waals surface area contributed by atoms with E-state index in [1.54, 1.807) is 24.4 Å². The highest BCUT2D eigenvalue weighted by Gasteiger charge is 2.36. The first-order valence-corrected chi connectivity index (χ1v) is 8.83. The molecule has 1 aromatic carbocycles. The molecule has 2 aromatic rings. The van der Waals surface area contributed by atoms with E-state index >= 15 is 0 Å². The number of benzene rings is 1. The lowest BCUT2D eigenvalue weighted by molar-refractivity contribution is 0.389. The first-order chi connectivity index (χ1) is 10.6. The maximum atomic E-state index is 13.7. The van der Waals surface area contributed by atoms with Gasteiger partial charge >= 0.3 is 0 Å². The van der Waals surface area contributed by atoms with E-state index in [2.05, 4.69) is 4.98 Å². The average molecular weight is 320 g/mol. The topological polar surface area (TPSA) is 50.3 Å². The van der Waals surface area contributed by atoms with Crippen molar-refractivity contribution in [1.29, 1.82) is 0 Å². The van der Waals surface area contributed by atoms with Crippen molar-refractivity contribution in [3.8, 4) is 0 Å². The van der Waals surface area contributed by atoms with Crippen LogP contribution in [0.4, 0.5) is 4.39 Å². The smallest absolute Gasteiger partial charge is 0.219 e. The predicted octanol–water partition coefficient (Wildman–Crippen LogP) is 2.89. The molecular formula is C16H17FN2O2S. The first kappa shape index (κ1) is 15.1. The number of halogens is 1. The van der Waals surface area contributed by atoms with Gasteiger partial charge in [-0.3, -0.25) is 4.98 Å². The minimum absolute atomic E-state index is 0.203. The Hall–Kier alpha value is -1.79. The van der Waals surface area contributed by atoms with Gasteiger partial charge in [0.05, 0.1) is 17.5 Å². The van der Waals surface area contributed by atoms with Gasteiger partial charge in [0, 0.05) is 18.3 Å². The maximum Gasteiger partial charge on any atom is 0.219 e. The monoisotopic (exact) mass is 320 g/mol. The summed E-state index contributed by atoms with van der Waals surface area (Å²) in [6, 6.07) is 11.2. The van der Waals surface area contributed by atoms with Gasteiger partial charge in [-0.2, -0.15) is 4.31 Å². The molecule has 0 N–H and O–H groups in total. The van der Waals surface area contributed by atoms with Crippen LogP contribution in [0.5, 0.6) is 0 Å². The number of hydrogen-bond donors (Lipinski definition) is 0. The average Bonchev–Trinajstić information content (AvgIpc) is 3.01. The third kappa shape index (κ3) is 3.03. The van der Waals surface area contributed by atoms with E-state index < -0.39 is 15.8 Å². The third-order valence-corrected chi connectivity index (χ3v) is 5.71. The van der Waals surface area contributed by atoms with Gasteiger partial charge in [0.2, 0.25) is 10.0 Å². The summed E-state index contributed by atoms with van der Waals surface area (Å²) in [7, 11) is -3.58. The van der Waals surface area contributed by atoms with Crippen molar-refractivity contribution < 1.29 is 12.8 Å². The molecule has 1 aliphatic rings. The molecule has 3 rings (SSSR count). The van der Waals surface area contributed by atoms with Crippen LogP contribution >= 0.6 is 0 Å². The van der Waals surface area contributed by atoms with Crippen LogP contribution in [0.2, 0.25) is 0 Å². The zero-order chi connectivity index (χ0) is 15.6. The van der Waals surface area contributed by atoms with Gasteiger partial charge in [-0.25, -0.2) is 12.8 Å². The second-order valence-electron chi connectivity index (χ2n) is 5.37. The molecule has 0 radical (unpaired) electrons. The summed E-state index contributed by atoms with van der Waals surface area (Å²) >= 11 is 0. The molecule has 1 atom stereocenters. The summed E-state index contributed by atoms with van der Waals surface area (Å²) in [6.45, 7) is 0.456. The molecule has 1 saturated heterocycles. The molecule has 0 spiro atoms. The highest BCUT2D eigenvalue weighted by Crippen LogP contribution is 2.34. The summed E-state index contributed by atoms with van der Waals surface area (Å²) in [4.78, 5) is 4.27. The Bertz CT molecular complexity index is 750. The molecule has 0 bridgehead atoms. The summed E-state index contributed by atoms with van der Waals surface area (Å²) in [5, 5.41) is 0. The lowest BCUT2D eigenvalue weighted by Gasteiger charge is -2.23. The van der Waals surface area contributed by atoms with Crippen molar-refractivity contribution in [2.24, 2.45) is 0 Å². The lowest BCUT2D eigenvalue weighted by atomic mass is 10.1. The maximum absolute atomic E-state index is 13.7. The number of aromatic nitrogens is 1. The first-order valence-electron chi connectivity index (χ1n) is 7.22. The second-order valence-corrected chi connectivity index (χ2v) is 7.29. The molecular weight excluding hydrogens is 303 g/mol. The van der Waals surface area contributed by atoms with Crippen molar-refractivity contribution in [1.82, 2.24) is 9.29 Å². The zero-order valence-corrected chi connectivity index (χ0v) is 12.8. The quantitative estimate of drug-likeness (QED) is 0.870. The summed E-state index contributed by atoms with van der Waals surface area (Å²) in [5.74, 6) is -0.803. The number of sulfonamides is 1. The van der Waals surface area contributed by atoms with Crippen LogP contribution in [0.15, 0.2) is 48.7 Å². The van der Waals surface area contributed by atoms with E-state index in [1.165, 1.54) is 16.4 Å². The number of pyridine rings is 1. The third-order valence-electron chi connectivity index (χ3n) is 3.89. The predicted molar refractivity (Wildman–Crippen MR) is 81.9 cm³/mol. The Labute approximate surface area is 129 Å². The van der Waals surface area contributed by atoms with Gasteiger partial charge in [-0.1, -0.05) is 24.3 Å². The summed E-state index contributed by atoms with van der Waals surface area (Å²) in [5.41, 5.74) is 0.950. The Morgan fingerprint density at radius 2 is 1.95 bits per heavy atom. The molecule has 1 unspecified atom stereocenters. The van der Waals surface area contributed by atoms with Crippen molar-refractivity contribution in [3.63, 3.8) is 0 Å². The number of hydrogen-bond acceptors (Lipinski definition) is 3. The van der Waals surface area contributed by atoms with Crippen LogP contribution in [0.25, 0.3) is 0 Å². The highest BCUT2D eigenvalue weighted by atomic mass is 32.2. The summed E-state index contributed by atoms with van der Waals surface area (Å²) < 4.78 is 40.5. The molecule has 0 aliphatic carbocycles. The Balaban J connectivity index is 1.87. The second kappa shape index (κ2) is 6.14. The van der Waals surface area contributed by atoms with Crippen LogP contribution in [-0.4, -0.2) is 24.3 Å². The molecule has 1 fully saturated rings. The SMILES string of the molecule is O=S(=O)(Cc1ccccc1F)N1CCCC1c1ccccn1. The van der Waals surface area contributed by atoms with E-state index in [-0.39, 0.29) is 17.4 Å². The summed E-state index contributed by atoms with van der Waals surface area (Å²) in [6.07, 6.45) is 3.20. The molecule has 22 heavy (non-hydrogen) atoms. The van der Waals surface area contributed by atoms with E-state index in [4.69, 9.17) is 0 Å². The molecule has 2 heterocycles. The minimum Gasteiger partial charge on any atom is -0.260 e. The van der Waals surface area contributed by atoms with Crippen molar-refractivity contribution in [2.45, 2.75) is 24.6 Å². The van der Waals surface area contributed by atoms with Crippen LogP contribution in [0.3, 0.4) is 0 Å². The number of rotatable bonds is 4. The Morgan fingerprint density at radius 3 is 2.68 bits per heavy atom. The van der Waals surface area contributed by atoms with Crippen LogP contribution in [-0.2, 0) is 15.8 Å². The molecule has 4 nitrogen and oxygen atoms in total. The van der Waals surface area contributed by atoms with Crippen LogP contribution in [0.1, 0.15) is 30.1 Å². The van der Waals surface area contributed by atoms with Gasteiger partial charge in [-0.05, 0) is 31.0 Å². The van der Waals surface area contributed by atoms with Gasteiger partial charge in [0.15, 0.2) is 0 Å². The fraction of sp³-hybridized carbons (Fsp3) is 0.312. The van der Waals surface area contributed by atoms with Crippen molar-refractivity contribution >= 4 is 10.0 Å². The fourth-order valence-electron chi connectivity index (χ4n) is 2.84. The molecule has 0 saturated carbocycles. The van der Waals surface area contributed by atoms with Crippen molar-refractivity contribution in [2.75, 3.05) is 6.54 Å². The van der Waals surface area contributed by atoms with Crippen LogP contribution in [0, 0.1) is 5.82 Å². The highest BCUT2D eigenvalue weighted by molar-refractivity contribution is 7.88. The normalized spacial score (nSPS) is 19.4. The Morgan fingerprint density at radius 1 is 1.18 bits per heavy atom. The van der Waals surface area contributed by atoms with E-state index in [1.807, 2.05) is 12.1 Å². The standard InChI is InChI=1S/C16H17FN2O2S/c17-14-7-2-1-6-13(14)12-22(20,21)19-11-5-9-16(19)15-8-3-4-10-18-15/h1-4,6-8,10,16H,5,9,11-12H2. The minimum atomic E-state index is -3.58. The van der Waals surface area contributed by atoms with Gasteiger partial charge in [-0.15, -0.1) is 0 Å². The molecule has 1 aliphatic heterocycles. The van der Waals surface area contributed by atoms with Crippen LogP contribution < -0.4 is 0 Å². The fourth-order valence-corrected chi connectivity index (χ4v) is 4.64. The molecule has 116 valence electrons. The van der Waals surface area contributed by atoms with Gasteiger partial charge in [0.25, 0.3) is 0 Å². The van der Waals surface area contributed by atoms with E-state index in [0.29, 0.717) is 6.54 Å². The van der Waals surface area contributed by atoms with Gasteiger partial charge < -0.3 is 0 Å².